The van der Waals surface area contributed by atoms with Gasteiger partial charge in [0.2, 0.25) is 0 Å². The summed E-state index contributed by atoms with van der Waals surface area (Å²) in [5.74, 6) is -2.30. The number of carbonyl (C=O) groups excluding carboxylic acids is 3. The van der Waals surface area contributed by atoms with Gasteiger partial charge in [-0.15, -0.1) is 0 Å². The van der Waals surface area contributed by atoms with Crippen LogP contribution in [-0.4, -0.2) is 77.2 Å². The molecule has 0 amide bonds. The number of carbonyl (C=O) groups is 3. The maximum atomic E-state index is 14.1. The summed E-state index contributed by atoms with van der Waals surface area (Å²) < 4.78 is 53.5. The van der Waals surface area contributed by atoms with Crippen molar-refractivity contribution in [2.75, 3.05) is 44.5 Å². The smallest absolute Gasteiger partial charge is 0.321 e. The van der Waals surface area contributed by atoms with Gasteiger partial charge in [0.25, 0.3) is 0 Å². The number of unbranched alkanes of at least 4 members (excludes halogenated alkanes) is 1. The summed E-state index contributed by atoms with van der Waals surface area (Å²) in [5, 5.41) is 0. The van der Waals surface area contributed by atoms with Crippen LogP contribution in [0.25, 0.3) is 0 Å². The highest BCUT2D eigenvalue weighted by atomic mass is 32.2. The molecule has 0 saturated carbocycles. The van der Waals surface area contributed by atoms with Crippen LogP contribution in [0.5, 0.6) is 0 Å². The number of ether oxygens (including phenoxy) is 5. The zero-order valence-corrected chi connectivity index (χ0v) is 28.7. The van der Waals surface area contributed by atoms with Gasteiger partial charge < -0.3 is 23.7 Å². The van der Waals surface area contributed by atoms with Crippen molar-refractivity contribution in [1.82, 2.24) is 0 Å². The minimum Gasteiger partial charge on any atom is -0.466 e. The molecule has 2 unspecified atom stereocenters. The highest BCUT2D eigenvalue weighted by Crippen LogP contribution is 2.37. The van der Waals surface area contributed by atoms with E-state index in [1.807, 2.05) is 45.0 Å². The number of sulfone groups is 1. The van der Waals surface area contributed by atoms with Crippen molar-refractivity contribution in [3.05, 3.63) is 35.4 Å². The standard InChI is InChI=1S/C34H54O10S/c1-6-9-21-43-32(37)34(25-44-31-16-10-11-22-42-31,28-15-12-14-27(23-28)17-18-29(35)40-7-2)20-13-19-33(4,5)26-45(38,39)24-30(36)41-8-3/h12,14-15,23,31H,6-11,13,16-22,24-26H2,1-5H3. The van der Waals surface area contributed by atoms with Crippen LogP contribution in [0.4, 0.5) is 0 Å². The molecule has 1 aromatic carbocycles. The SMILES string of the molecule is CCCCOC(=O)C(CCCC(C)(C)CS(=O)(=O)CC(=O)OCC)(COC1CCCCO1)c1cccc(CCC(=O)OCC)c1. The Labute approximate surface area is 269 Å². The second kappa shape index (κ2) is 19.2. The highest BCUT2D eigenvalue weighted by Gasteiger charge is 2.43. The molecule has 2 atom stereocenters. The average Bonchev–Trinajstić information content (AvgIpc) is 2.98. The fourth-order valence-electron chi connectivity index (χ4n) is 5.58. The number of esters is 3. The molecule has 10 nitrogen and oxygen atoms in total. The van der Waals surface area contributed by atoms with Crippen LogP contribution >= 0.6 is 0 Å². The number of hydrogen-bond acceptors (Lipinski definition) is 10. The van der Waals surface area contributed by atoms with Crippen LogP contribution in [0.15, 0.2) is 24.3 Å². The van der Waals surface area contributed by atoms with E-state index in [0.29, 0.717) is 44.5 Å². The predicted octanol–water partition coefficient (Wildman–Crippen LogP) is 5.48. The molecule has 1 aliphatic rings. The zero-order chi connectivity index (χ0) is 33.3. The number of rotatable bonds is 21. The lowest BCUT2D eigenvalue weighted by Gasteiger charge is -2.35. The van der Waals surface area contributed by atoms with Gasteiger partial charge in [0, 0.05) is 13.0 Å². The maximum Gasteiger partial charge on any atom is 0.321 e. The number of benzene rings is 1. The van der Waals surface area contributed by atoms with E-state index in [4.69, 9.17) is 23.7 Å². The van der Waals surface area contributed by atoms with E-state index in [1.165, 1.54) is 0 Å². The van der Waals surface area contributed by atoms with Crippen LogP contribution in [0, 0.1) is 5.41 Å². The molecule has 0 spiro atoms. The summed E-state index contributed by atoms with van der Waals surface area (Å²) in [6.45, 7) is 10.4. The second-order valence-corrected chi connectivity index (χ2v) is 14.6. The summed E-state index contributed by atoms with van der Waals surface area (Å²) in [6.07, 6.45) is 5.78. The van der Waals surface area contributed by atoms with Gasteiger partial charge in [-0.2, -0.15) is 0 Å². The summed E-state index contributed by atoms with van der Waals surface area (Å²) in [7, 11) is -3.70. The van der Waals surface area contributed by atoms with E-state index in [0.717, 1.165) is 37.7 Å². The Hall–Kier alpha value is -2.50. The molecule has 0 radical (unpaired) electrons. The van der Waals surface area contributed by atoms with Gasteiger partial charge >= 0.3 is 17.9 Å². The first-order valence-corrected chi connectivity index (χ1v) is 18.2. The number of hydrogen-bond donors (Lipinski definition) is 0. The molecule has 45 heavy (non-hydrogen) atoms. The third kappa shape index (κ3) is 13.8. The summed E-state index contributed by atoms with van der Waals surface area (Å²) in [4.78, 5) is 38.0. The van der Waals surface area contributed by atoms with E-state index in [-0.39, 0.29) is 38.0 Å². The van der Waals surface area contributed by atoms with Crippen molar-refractivity contribution in [2.45, 2.75) is 111 Å². The largest absolute Gasteiger partial charge is 0.466 e. The van der Waals surface area contributed by atoms with Gasteiger partial charge in [0.1, 0.15) is 11.2 Å². The monoisotopic (exact) mass is 654 g/mol. The summed E-state index contributed by atoms with van der Waals surface area (Å²) in [6, 6.07) is 7.60. The fraction of sp³-hybridized carbons (Fsp3) is 0.735. The third-order valence-electron chi connectivity index (χ3n) is 7.89. The Morgan fingerprint density at radius 3 is 2.36 bits per heavy atom. The molecule has 1 fully saturated rings. The van der Waals surface area contributed by atoms with Gasteiger partial charge in [0.15, 0.2) is 16.1 Å². The van der Waals surface area contributed by atoms with Crippen molar-refractivity contribution in [2.24, 2.45) is 5.41 Å². The van der Waals surface area contributed by atoms with Gasteiger partial charge in [-0.05, 0) is 75.3 Å². The van der Waals surface area contributed by atoms with Crippen LogP contribution < -0.4 is 0 Å². The molecule has 1 saturated heterocycles. The van der Waals surface area contributed by atoms with Gasteiger partial charge in [-0.25, -0.2) is 8.42 Å². The molecular weight excluding hydrogens is 600 g/mol. The molecule has 0 aliphatic carbocycles. The first-order chi connectivity index (χ1) is 21.4. The lowest BCUT2D eigenvalue weighted by molar-refractivity contribution is -0.182. The Morgan fingerprint density at radius 2 is 1.69 bits per heavy atom. The predicted molar refractivity (Wildman–Crippen MR) is 171 cm³/mol. The van der Waals surface area contributed by atoms with Crippen LogP contribution in [0.1, 0.15) is 104 Å². The first kappa shape index (κ1) is 38.7. The maximum absolute atomic E-state index is 14.1. The molecule has 0 N–H and O–H groups in total. The first-order valence-electron chi connectivity index (χ1n) is 16.4. The van der Waals surface area contributed by atoms with Crippen molar-refractivity contribution in [3.63, 3.8) is 0 Å². The third-order valence-corrected chi connectivity index (χ3v) is 9.79. The Morgan fingerprint density at radius 1 is 0.956 bits per heavy atom. The van der Waals surface area contributed by atoms with E-state index >= 15 is 0 Å². The molecular formula is C34H54O10S. The van der Waals surface area contributed by atoms with Crippen molar-refractivity contribution in [3.8, 4) is 0 Å². The molecule has 1 heterocycles. The van der Waals surface area contributed by atoms with E-state index < -0.39 is 44.6 Å². The normalized spacial score (nSPS) is 16.9. The Kier molecular flexibility index (Phi) is 16.5. The van der Waals surface area contributed by atoms with E-state index in [1.54, 1.807) is 13.8 Å². The van der Waals surface area contributed by atoms with Gasteiger partial charge in [-0.1, -0.05) is 57.9 Å². The molecule has 0 aromatic heterocycles. The van der Waals surface area contributed by atoms with E-state index in [9.17, 15) is 22.8 Å². The molecule has 0 bridgehead atoms. The van der Waals surface area contributed by atoms with Crippen molar-refractivity contribution < 1.29 is 46.5 Å². The minimum atomic E-state index is -3.70. The fourth-order valence-corrected chi connectivity index (χ4v) is 7.46. The van der Waals surface area contributed by atoms with Crippen molar-refractivity contribution in [1.29, 1.82) is 0 Å². The van der Waals surface area contributed by atoms with Gasteiger partial charge in [0.05, 0.1) is 32.2 Å². The minimum absolute atomic E-state index is 0.0333. The van der Waals surface area contributed by atoms with Crippen LogP contribution in [0.2, 0.25) is 0 Å². The zero-order valence-electron chi connectivity index (χ0n) is 27.9. The Balaban J connectivity index is 2.37. The highest BCUT2D eigenvalue weighted by molar-refractivity contribution is 7.92. The molecule has 11 heteroatoms. The molecule has 2 rings (SSSR count). The lowest BCUT2D eigenvalue weighted by Crippen LogP contribution is -2.44. The van der Waals surface area contributed by atoms with Crippen LogP contribution in [-0.2, 0) is 59.7 Å². The van der Waals surface area contributed by atoms with E-state index in [2.05, 4.69) is 0 Å². The topological polar surface area (TPSA) is 132 Å². The average molecular weight is 655 g/mol. The van der Waals surface area contributed by atoms with Gasteiger partial charge in [-0.3, -0.25) is 14.4 Å². The number of aryl methyl sites for hydroxylation is 1. The molecule has 1 aromatic rings. The van der Waals surface area contributed by atoms with Crippen molar-refractivity contribution >= 4 is 27.7 Å². The van der Waals surface area contributed by atoms with Crippen LogP contribution in [0.3, 0.4) is 0 Å². The quantitative estimate of drug-likeness (QED) is 0.0954. The summed E-state index contributed by atoms with van der Waals surface area (Å²) in [5.41, 5.74) is -0.258. The molecule has 256 valence electrons. The second-order valence-electron chi connectivity index (χ2n) is 12.5. The Bertz CT molecular complexity index is 1170. The molecule has 1 aliphatic heterocycles. The summed E-state index contributed by atoms with van der Waals surface area (Å²) >= 11 is 0. The lowest BCUT2D eigenvalue weighted by atomic mass is 9.74.